The lowest BCUT2D eigenvalue weighted by atomic mass is 10.1. The predicted molar refractivity (Wildman–Crippen MR) is 78.5 cm³/mol. The highest BCUT2D eigenvalue weighted by molar-refractivity contribution is 5.89. The summed E-state index contributed by atoms with van der Waals surface area (Å²) in [6.07, 6.45) is 2.22. The molecule has 1 atom stereocenters. The number of nitrogens with one attached hydrogen (secondary N) is 2. The molecule has 1 aromatic rings. The Morgan fingerprint density at radius 2 is 2.16 bits per heavy atom. The van der Waals surface area contributed by atoms with Crippen LogP contribution in [0.2, 0.25) is 0 Å². The average Bonchev–Trinajstić information content (AvgIpc) is 2.43. The van der Waals surface area contributed by atoms with E-state index in [-0.39, 0.29) is 6.03 Å². The van der Waals surface area contributed by atoms with Crippen molar-refractivity contribution in [3.05, 3.63) is 29.8 Å². The van der Waals surface area contributed by atoms with Crippen molar-refractivity contribution in [2.45, 2.75) is 32.7 Å². The Morgan fingerprint density at radius 3 is 2.74 bits per heavy atom. The summed E-state index contributed by atoms with van der Waals surface area (Å²) >= 11 is 0. The number of carbonyl (C=O) groups excluding carboxylic acids is 1. The van der Waals surface area contributed by atoms with Gasteiger partial charge in [-0.2, -0.15) is 0 Å². The van der Waals surface area contributed by atoms with E-state index < -0.39 is 0 Å². The van der Waals surface area contributed by atoms with Crippen molar-refractivity contribution in [1.29, 1.82) is 0 Å². The van der Waals surface area contributed by atoms with E-state index in [1.54, 1.807) is 0 Å². The quantitative estimate of drug-likeness (QED) is 0.878. The van der Waals surface area contributed by atoms with Crippen molar-refractivity contribution in [2.75, 3.05) is 25.0 Å². The van der Waals surface area contributed by atoms with Crippen LogP contribution in [-0.4, -0.2) is 36.6 Å². The van der Waals surface area contributed by atoms with Crippen molar-refractivity contribution in [3.8, 4) is 0 Å². The first-order chi connectivity index (χ1) is 9.20. The molecule has 2 N–H and O–H groups in total. The number of likely N-dealkylation sites (N-methyl/N-ethyl adjacent to an activating group) is 1. The molecule has 4 nitrogen and oxygen atoms in total. The first-order valence-electron chi connectivity index (χ1n) is 7.05. The van der Waals surface area contributed by atoms with Crippen LogP contribution < -0.4 is 10.6 Å². The smallest absolute Gasteiger partial charge is 0.321 e. The number of piperidine rings is 1. The fourth-order valence-electron chi connectivity index (χ4n) is 2.50. The number of carbonyl (C=O) groups is 1. The molecule has 4 heteroatoms. The minimum absolute atomic E-state index is 0.0000491. The number of aryl methyl sites for hydroxylation is 1. The Bertz CT molecular complexity index is 410. The number of urea groups is 1. The lowest BCUT2D eigenvalue weighted by Gasteiger charge is -2.33. The summed E-state index contributed by atoms with van der Waals surface area (Å²) in [7, 11) is 0. The summed E-state index contributed by atoms with van der Waals surface area (Å²) in [5.74, 6) is 0. The SMILES string of the molecule is CCN(C(=O)Nc1ccc(C)cc1)C1CCCNC1. The largest absolute Gasteiger partial charge is 0.322 e. The van der Waals surface area contributed by atoms with Crippen LogP contribution in [0.5, 0.6) is 0 Å². The van der Waals surface area contributed by atoms with E-state index in [4.69, 9.17) is 0 Å². The Labute approximate surface area is 115 Å². The van der Waals surface area contributed by atoms with Gasteiger partial charge < -0.3 is 15.5 Å². The number of hydrogen-bond acceptors (Lipinski definition) is 2. The minimum Gasteiger partial charge on any atom is -0.321 e. The first-order valence-corrected chi connectivity index (χ1v) is 7.05. The predicted octanol–water partition coefficient (Wildman–Crippen LogP) is 2.60. The van der Waals surface area contributed by atoms with Crippen LogP contribution in [0.15, 0.2) is 24.3 Å². The van der Waals surface area contributed by atoms with E-state index >= 15 is 0 Å². The second kappa shape index (κ2) is 6.57. The summed E-state index contributed by atoms with van der Waals surface area (Å²) in [6.45, 7) is 6.77. The zero-order chi connectivity index (χ0) is 13.7. The molecule has 1 fully saturated rings. The number of rotatable bonds is 3. The van der Waals surface area contributed by atoms with Crippen LogP contribution >= 0.6 is 0 Å². The van der Waals surface area contributed by atoms with E-state index in [1.165, 1.54) is 5.56 Å². The van der Waals surface area contributed by atoms with Crippen LogP contribution in [0.3, 0.4) is 0 Å². The highest BCUT2D eigenvalue weighted by Gasteiger charge is 2.23. The molecule has 0 saturated carbocycles. The molecule has 2 amide bonds. The minimum atomic E-state index is 0.0000491. The van der Waals surface area contributed by atoms with E-state index in [9.17, 15) is 4.79 Å². The van der Waals surface area contributed by atoms with Crippen molar-refractivity contribution in [1.82, 2.24) is 10.2 Å². The normalized spacial score (nSPS) is 18.9. The maximum Gasteiger partial charge on any atom is 0.322 e. The van der Waals surface area contributed by atoms with Gasteiger partial charge in [-0.1, -0.05) is 17.7 Å². The molecule has 0 aromatic heterocycles. The Morgan fingerprint density at radius 1 is 1.42 bits per heavy atom. The lowest BCUT2D eigenvalue weighted by molar-refractivity contribution is 0.177. The molecule has 1 aliphatic rings. The molecular weight excluding hydrogens is 238 g/mol. The van der Waals surface area contributed by atoms with Gasteiger partial charge in [-0.25, -0.2) is 4.79 Å². The molecule has 1 aromatic carbocycles. The standard InChI is InChI=1S/C15H23N3O/c1-3-18(14-5-4-10-16-11-14)15(19)17-13-8-6-12(2)7-9-13/h6-9,14,16H,3-5,10-11H2,1-2H3,(H,17,19). The molecule has 19 heavy (non-hydrogen) atoms. The third-order valence-electron chi connectivity index (χ3n) is 3.62. The van der Waals surface area contributed by atoms with E-state index in [1.807, 2.05) is 43.0 Å². The fraction of sp³-hybridized carbons (Fsp3) is 0.533. The van der Waals surface area contributed by atoms with Crippen LogP contribution in [0, 0.1) is 6.92 Å². The number of amides is 2. The van der Waals surface area contributed by atoms with Crippen LogP contribution in [0.25, 0.3) is 0 Å². The molecule has 0 bridgehead atoms. The molecule has 2 rings (SSSR count). The summed E-state index contributed by atoms with van der Waals surface area (Å²) in [5, 5.41) is 6.33. The van der Waals surface area contributed by atoms with Gasteiger partial charge in [0.25, 0.3) is 0 Å². The van der Waals surface area contributed by atoms with Gasteiger partial charge in [0.2, 0.25) is 0 Å². The van der Waals surface area contributed by atoms with Gasteiger partial charge in [-0.15, -0.1) is 0 Å². The van der Waals surface area contributed by atoms with E-state index in [0.717, 1.165) is 38.2 Å². The number of anilines is 1. The third kappa shape index (κ3) is 3.70. The van der Waals surface area contributed by atoms with Crippen molar-refractivity contribution < 1.29 is 4.79 Å². The molecule has 0 radical (unpaired) electrons. The molecule has 1 saturated heterocycles. The van der Waals surface area contributed by atoms with Gasteiger partial charge in [0.15, 0.2) is 0 Å². The second-order valence-corrected chi connectivity index (χ2v) is 5.08. The van der Waals surface area contributed by atoms with Gasteiger partial charge in [0.05, 0.1) is 0 Å². The van der Waals surface area contributed by atoms with E-state index in [0.29, 0.717) is 6.04 Å². The highest BCUT2D eigenvalue weighted by Crippen LogP contribution is 2.14. The monoisotopic (exact) mass is 261 g/mol. The average molecular weight is 261 g/mol. The third-order valence-corrected chi connectivity index (χ3v) is 3.62. The van der Waals surface area contributed by atoms with Crippen LogP contribution in [-0.2, 0) is 0 Å². The maximum absolute atomic E-state index is 12.3. The summed E-state index contributed by atoms with van der Waals surface area (Å²) in [4.78, 5) is 14.2. The first kappa shape index (κ1) is 13.9. The molecule has 1 unspecified atom stereocenters. The molecular formula is C15H23N3O. The van der Waals surface area contributed by atoms with Gasteiger partial charge in [-0.05, 0) is 45.4 Å². The van der Waals surface area contributed by atoms with Crippen LogP contribution in [0.1, 0.15) is 25.3 Å². The summed E-state index contributed by atoms with van der Waals surface area (Å²) in [6, 6.07) is 8.21. The van der Waals surface area contributed by atoms with E-state index in [2.05, 4.69) is 10.6 Å². The molecule has 0 aliphatic carbocycles. The number of benzene rings is 1. The Balaban J connectivity index is 1.97. The van der Waals surface area contributed by atoms with Crippen molar-refractivity contribution in [3.63, 3.8) is 0 Å². The van der Waals surface area contributed by atoms with Crippen molar-refractivity contribution in [2.24, 2.45) is 0 Å². The van der Waals surface area contributed by atoms with Gasteiger partial charge in [0, 0.05) is 24.8 Å². The second-order valence-electron chi connectivity index (χ2n) is 5.08. The van der Waals surface area contributed by atoms with Crippen LogP contribution in [0.4, 0.5) is 10.5 Å². The van der Waals surface area contributed by atoms with Crippen molar-refractivity contribution >= 4 is 11.7 Å². The zero-order valence-electron chi connectivity index (χ0n) is 11.8. The van der Waals surface area contributed by atoms with Gasteiger partial charge >= 0.3 is 6.03 Å². The summed E-state index contributed by atoms with van der Waals surface area (Å²) < 4.78 is 0. The number of nitrogens with zero attached hydrogens (tertiary/aromatic N) is 1. The molecule has 1 heterocycles. The summed E-state index contributed by atoms with van der Waals surface area (Å²) in [5.41, 5.74) is 2.06. The topological polar surface area (TPSA) is 44.4 Å². The molecule has 1 aliphatic heterocycles. The van der Waals surface area contributed by atoms with Gasteiger partial charge in [-0.3, -0.25) is 0 Å². The lowest BCUT2D eigenvalue weighted by Crippen LogP contribution is -2.50. The molecule has 0 spiro atoms. The fourth-order valence-corrected chi connectivity index (χ4v) is 2.50. The zero-order valence-corrected chi connectivity index (χ0v) is 11.8. The Hall–Kier alpha value is -1.55. The highest BCUT2D eigenvalue weighted by atomic mass is 16.2. The number of hydrogen-bond donors (Lipinski definition) is 2. The maximum atomic E-state index is 12.3. The van der Waals surface area contributed by atoms with Gasteiger partial charge in [0.1, 0.15) is 0 Å². The molecule has 104 valence electrons. The Kier molecular flexibility index (Phi) is 4.80.